The first-order chi connectivity index (χ1) is 10.3. The van der Waals surface area contributed by atoms with Crippen molar-refractivity contribution < 1.29 is 5.11 Å². The van der Waals surface area contributed by atoms with E-state index >= 15 is 0 Å². The van der Waals surface area contributed by atoms with Crippen LogP contribution >= 0.6 is 0 Å². The van der Waals surface area contributed by atoms with E-state index in [4.69, 9.17) is 0 Å². The lowest BCUT2D eigenvalue weighted by Crippen LogP contribution is -2.44. The number of rotatable bonds is 3. The summed E-state index contributed by atoms with van der Waals surface area (Å²) in [4.78, 5) is 2.38. The molecule has 0 unspecified atom stereocenters. The molecule has 108 valence electrons. The van der Waals surface area contributed by atoms with Gasteiger partial charge in [0, 0.05) is 18.8 Å². The minimum absolute atomic E-state index is 0.271. The number of phenolic OH excluding ortho intramolecular Hbond substituents is 1. The third kappa shape index (κ3) is 3.54. The molecule has 0 amide bonds. The normalized spacial score (nSPS) is 15.6. The molecule has 0 spiro atoms. The lowest BCUT2D eigenvalue weighted by molar-refractivity contribution is 0.272. The molecule has 4 heteroatoms. The molecule has 0 aromatic heterocycles. The molecule has 0 bridgehead atoms. The minimum atomic E-state index is 0.271. The molecule has 0 atom stereocenters. The van der Waals surface area contributed by atoms with Crippen LogP contribution in [0, 0.1) is 0 Å². The zero-order valence-corrected chi connectivity index (χ0v) is 11.9. The molecule has 1 fully saturated rings. The van der Waals surface area contributed by atoms with Crippen LogP contribution < -0.4 is 4.90 Å². The topological polar surface area (TPSA) is 39.1 Å². The smallest absolute Gasteiger partial charge is 0.116 e. The van der Waals surface area contributed by atoms with Gasteiger partial charge in [0.25, 0.3) is 0 Å². The van der Waals surface area contributed by atoms with Gasteiger partial charge in [0.15, 0.2) is 0 Å². The van der Waals surface area contributed by atoms with Crippen LogP contribution in [0.2, 0.25) is 0 Å². The van der Waals surface area contributed by atoms with Gasteiger partial charge in [0.05, 0.1) is 19.3 Å². The average Bonchev–Trinajstić information content (AvgIpc) is 2.54. The second kappa shape index (κ2) is 6.31. The van der Waals surface area contributed by atoms with Gasteiger partial charge in [-0.3, -0.25) is 5.01 Å². The number of piperazine rings is 1. The number of phenols is 1. The van der Waals surface area contributed by atoms with Gasteiger partial charge in [0.2, 0.25) is 0 Å². The van der Waals surface area contributed by atoms with Crippen LogP contribution in [-0.2, 0) is 0 Å². The zero-order valence-electron chi connectivity index (χ0n) is 11.9. The molecule has 1 saturated heterocycles. The van der Waals surface area contributed by atoms with Crippen LogP contribution in [0.3, 0.4) is 0 Å². The molecular weight excluding hydrogens is 262 g/mol. The molecule has 2 aromatic rings. The van der Waals surface area contributed by atoms with Gasteiger partial charge in [-0.2, -0.15) is 5.10 Å². The fraction of sp³-hybridized carbons (Fsp3) is 0.235. The van der Waals surface area contributed by atoms with Gasteiger partial charge < -0.3 is 10.0 Å². The molecule has 2 aromatic carbocycles. The Kier molecular flexibility index (Phi) is 4.05. The summed E-state index contributed by atoms with van der Waals surface area (Å²) in [6, 6.07) is 17.6. The van der Waals surface area contributed by atoms with E-state index in [1.807, 2.05) is 18.2 Å². The number of aromatic hydroxyl groups is 1. The van der Waals surface area contributed by atoms with Crippen molar-refractivity contribution in [1.82, 2.24) is 5.01 Å². The first-order valence-electron chi connectivity index (χ1n) is 7.19. The number of para-hydroxylation sites is 1. The van der Waals surface area contributed by atoms with E-state index in [2.05, 4.69) is 39.3 Å². The van der Waals surface area contributed by atoms with Crippen molar-refractivity contribution >= 4 is 11.9 Å². The molecular formula is C17H19N3O. The van der Waals surface area contributed by atoms with Gasteiger partial charge in [-0.05, 0) is 29.8 Å². The Labute approximate surface area is 124 Å². The minimum Gasteiger partial charge on any atom is -0.508 e. The second-order valence-electron chi connectivity index (χ2n) is 5.12. The van der Waals surface area contributed by atoms with Crippen LogP contribution in [0.1, 0.15) is 5.56 Å². The molecule has 1 heterocycles. The molecule has 4 nitrogen and oxygen atoms in total. The highest BCUT2D eigenvalue weighted by Crippen LogP contribution is 2.15. The first-order valence-corrected chi connectivity index (χ1v) is 7.19. The van der Waals surface area contributed by atoms with Gasteiger partial charge in [-0.15, -0.1) is 0 Å². The summed E-state index contributed by atoms with van der Waals surface area (Å²) in [5.74, 6) is 0.271. The fourth-order valence-electron chi connectivity index (χ4n) is 2.46. The second-order valence-corrected chi connectivity index (χ2v) is 5.12. The van der Waals surface area contributed by atoms with Gasteiger partial charge in [-0.25, -0.2) is 0 Å². The first kappa shape index (κ1) is 13.5. The van der Waals surface area contributed by atoms with Gasteiger partial charge in [-0.1, -0.05) is 30.3 Å². The van der Waals surface area contributed by atoms with Crippen molar-refractivity contribution in [3.05, 3.63) is 60.2 Å². The predicted octanol–water partition coefficient (Wildman–Crippen LogP) is 2.55. The highest BCUT2D eigenvalue weighted by molar-refractivity contribution is 5.79. The number of hydrogen-bond acceptors (Lipinski definition) is 4. The zero-order chi connectivity index (χ0) is 14.5. The predicted molar refractivity (Wildman–Crippen MR) is 85.9 cm³/mol. The van der Waals surface area contributed by atoms with Crippen LogP contribution in [0.25, 0.3) is 0 Å². The van der Waals surface area contributed by atoms with Gasteiger partial charge >= 0.3 is 0 Å². The molecule has 3 rings (SSSR count). The van der Waals surface area contributed by atoms with Crippen molar-refractivity contribution in [2.45, 2.75) is 0 Å². The Morgan fingerprint density at radius 2 is 1.67 bits per heavy atom. The van der Waals surface area contributed by atoms with E-state index in [-0.39, 0.29) is 5.75 Å². The Hall–Kier alpha value is -2.49. The highest BCUT2D eigenvalue weighted by Gasteiger charge is 2.15. The Balaban J connectivity index is 1.56. The lowest BCUT2D eigenvalue weighted by Gasteiger charge is -2.34. The van der Waals surface area contributed by atoms with Crippen molar-refractivity contribution in [1.29, 1.82) is 0 Å². The van der Waals surface area contributed by atoms with Crippen LogP contribution in [-0.4, -0.2) is 42.5 Å². The summed E-state index contributed by atoms with van der Waals surface area (Å²) in [5, 5.41) is 16.0. The maximum Gasteiger partial charge on any atom is 0.116 e. The number of hydrogen-bond donors (Lipinski definition) is 1. The number of benzene rings is 2. The SMILES string of the molecule is Oc1cccc(/C=N\N2CCN(c3ccccc3)CC2)c1. The highest BCUT2D eigenvalue weighted by atomic mass is 16.3. The molecule has 1 aliphatic rings. The third-order valence-corrected chi connectivity index (χ3v) is 3.62. The molecule has 0 aliphatic carbocycles. The van der Waals surface area contributed by atoms with Crippen LogP contribution in [0.5, 0.6) is 5.75 Å². The van der Waals surface area contributed by atoms with E-state index in [1.165, 1.54) is 5.69 Å². The van der Waals surface area contributed by atoms with Crippen molar-refractivity contribution in [2.75, 3.05) is 31.1 Å². The molecule has 0 radical (unpaired) electrons. The van der Waals surface area contributed by atoms with Gasteiger partial charge in [0.1, 0.15) is 5.75 Å². The van der Waals surface area contributed by atoms with E-state index in [9.17, 15) is 5.11 Å². The summed E-state index contributed by atoms with van der Waals surface area (Å²) in [5.41, 5.74) is 2.19. The van der Waals surface area contributed by atoms with E-state index < -0.39 is 0 Å². The number of hydrazone groups is 1. The Morgan fingerprint density at radius 3 is 2.38 bits per heavy atom. The summed E-state index contributed by atoms with van der Waals surface area (Å²) in [6.07, 6.45) is 1.80. The fourth-order valence-corrected chi connectivity index (χ4v) is 2.46. The van der Waals surface area contributed by atoms with Crippen LogP contribution in [0.15, 0.2) is 59.7 Å². The summed E-state index contributed by atoms with van der Waals surface area (Å²) >= 11 is 0. The van der Waals surface area contributed by atoms with E-state index in [0.717, 1.165) is 31.7 Å². The van der Waals surface area contributed by atoms with Crippen LogP contribution in [0.4, 0.5) is 5.69 Å². The number of nitrogens with zero attached hydrogens (tertiary/aromatic N) is 3. The van der Waals surface area contributed by atoms with E-state index in [1.54, 1.807) is 18.3 Å². The monoisotopic (exact) mass is 281 g/mol. The molecule has 21 heavy (non-hydrogen) atoms. The molecule has 1 aliphatic heterocycles. The van der Waals surface area contributed by atoms with Crippen molar-refractivity contribution in [3.63, 3.8) is 0 Å². The summed E-state index contributed by atoms with van der Waals surface area (Å²) in [6.45, 7) is 3.76. The third-order valence-electron chi connectivity index (χ3n) is 3.62. The average molecular weight is 281 g/mol. The lowest BCUT2D eigenvalue weighted by atomic mass is 10.2. The Morgan fingerprint density at radius 1 is 0.905 bits per heavy atom. The van der Waals surface area contributed by atoms with E-state index in [0.29, 0.717) is 0 Å². The standard InChI is InChI=1S/C17H19N3O/c21-17-8-4-5-15(13-17)14-18-20-11-9-19(10-12-20)16-6-2-1-3-7-16/h1-8,13-14,21H,9-12H2/b18-14-. The van der Waals surface area contributed by atoms with Crippen molar-refractivity contribution in [3.8, 4) is 5.75 Å². The Bertz CT molecular complexity index is 604. The van der Waals surface area contributed by atoms with Crippen molar-refractivity contribution in [2.24, 2.45) is 5.10 Å². The quantitative estimate of drug-likeness (QED) is 0.879. The summed E-state index contributed by atoms with van der Waals surface area (Å²) < 4.78 is 0. The molecule has 1 N–H and O–H groups in total. The maximum absolute atomic E-state index is 9.43. The largest absolute Gasteiger partial charge is 0.508 e. The molecule has 0 saturated carbocycles. The summed E-state index contributed by atoms with van der Waals surface area (Å²) in [7, 11) is 0. The number of anilines is 1. The maximum atomic E-state index is 9.43.